The van der Waals surface area contributed by atoms with Crippen LogP contribution in [0.15, 0.2) is 42.5 Å². The van der Waals surface area contributed by atoms with Gasteiger partial charge in [0.15, 0.2) is 5.65 Å². The third-order valence-corrected chi connectivity index (χ3v) is 4.76. The van der Waals surface area contributed by atoms with Crippen molar-refractivity contribution in [3.8, 4) is 17.0 Å². The second kappa shape index (κ2) is 6.89. The monoisotopic (exact) mass is 346 g/mol. The lowest BCUT2D eigenvalue weighted by molar-refractivity contribution is 0.161. The van der Waals surface area contributed by atoms with Gasteiger partial charge in [0.2, 0.25) is 0 Å². The van der Waals surface area contributed by atoms with Crippen LogP contribution >= 0.6 is 0 Å². The van der Waals surface area contributed by atoms with E-state index in [1.165, 1.54) is 11.1 Å². The van der Waals surface area contributed by atoms with Crippen LogP contribution in [0.2, 0.25) is 0 Å². The van der Waals surface area contributed by atoms with Crippen molar-refractivity contribution < 1.29 is 9.47 Å². The maximum absolute atomic E-state index is 5.61. The minimum atomic E-state index is 0.655. The van der Waals surface area contributed by atoms with Gasteiger partial charge in [0.05, 0.1) is 31.7 Å². The Bertz CT molecular complexity index is 1010. The Labute approximate surface area is 153 Å². The lowest BCUT2D eigenvalue weighted by Crippen LogP contribution is -2.05. The molecule has 0 radical (unpaired) electrons. The van der Waals surface area contributed by atoms with Gasteiger partial charge < -0.3 is 9.47 Å². The highest BCUT2D eigenvalue weighted by Crippen LogP contribution is 2.34. The molecule has 4 rings (SSSR count). The van der Waals surface area contributed by atoms with E-state index in [-0.39, 0.29) is 0 Å². The van der Waals surface area contributed by atoms with E-state index in [0.29, 0.717) is 6.61 Å². The summed E-state index contributed by atoms with van der Waals surface area (Å²) in [6.45, 7) is 5.57. The molecule has 0 saturated heterocycles. The lowest BCUT2D eigenvalue weighted by atomic mass is 10.0. The first-order valence-corrected chi connectivity index (χ1v) is 8.86. The summed E-state index contributed by atoms with van der Waals surface area (Å²) >= 11 is 0. The minimum Gasteiger partial charge on any atom is -0.496 e. The van der Waals surface area contributed by atoms with Crippen molar-refractivity contribution in [2.45, 2.75) is 20.3 Å². The van der Waals surface area contributed by atoms with Crippen molar-refractivity contribution in [2.24, 2.45) is 0 Å². The van der Waals surface area contributed by atoms with Crippen LogP contribution in [0.5, 0.6) is 5.75 Å². The first kappa shape index (κ1) is 16.7. The Morgan fingerprint density at radius 2 is 1.77 bits per heavy atom. The standard InChI is InChI=1S/C22H22N2O2/c1-14-12-15(2)21(20(13-14)25-3)19-7-5-17-4-6-18(23-22(17)24-19)16-8-10-26-11-9-16/h4-8,12-13H,9-11H2,1-3H3. The summed E-state index contributed by atoms with van der Waals surface area (Å²) in [5.74, 6) is 0.845. The molecule has 0 aliphatic carbocycles. The number of fused-ring (bicyclic) bond motifs is 1. The van der Waals surface area contributed by atoms with Gasteiger partial charge in [-0.25, -0.2) is 9.97 Å². The predicted molar refractivity (Wildman–Crippen MR) is 104 cm³/mol. The number of ether oxygens (including phenoxy) is 2. The first-order valence-electron chi connectivity index (χ1n) is 8.86. The predicted octanol–water partition coefficient (Wildman–Crippen LogP) is 4.73. The van der Waals surface area contributed by atoms with E-state index >= 15 is 0 Å². The van der Waals surface area contributed by atoms with Crippen molar-refractivity contribution in [1.82, 2.24) is 9.97 Å². The number of methoxy groups -OCH3 is 1. The SMILES string of the molecule is COc1cc(C)cc(C)c1-c1ccc2ccc(C3=CCOCC3)nc2n1. The van der Waals surface area contributed by atoms with Crippen LogP contribution in [0.25, 0.3) is 27.9 Å². The molecule has 3 aromatic rings. The van der Waals surface area contributed by atoms with Crippen LogP contribution in [0, 0.1) is 13.8 Å². The van der Waals surface area contributed by atoms with E-state index in [2.05, 4.69) is 44.2 Å². The molecule has 1 aromatic carbocycles. The number of pyridine rings is 2. The average molecular weight is 346 g/mol. The second-order valence-corrected chi connectivity index (χ2v) is 6.65. The Hall–Kier alpha value is -2.72. The Morgan fingerprint density at radius 3 is 2.50 bits per heavy atom. The van der Waals surface area contributed by atoms with E-state index < -0.39 is 0 Å². The fourth-order valence-corrected chi connectivity index (χ4v) is 3.49. The molecule has 0 unspecified atom stereocenters. The van der Waals surface area contributed by atoms with Crippen molar-refractivity contribution in [2.75, 3.05) is 20.3 Å². The van der Waals surface area contributed by atoms with Gasteiger partial charge >= 0.3 is 0 Å². The van der Waals surface area contributed by atoms with Crippen LogP contribution < -0.4 is 4.74 Å². The van der Waals surface area contributed by atoms with Gasteiger partial charge in [0, 0.05) is 10.9 Å². The highest BCUT2D eigenvalue weighted by atomic mass is 16.5. The fourth-order valence-electron chi connectivity index (χ4n) is 3.49. The van der Waals surface area contributed by atoms with Crippen LogP contribution in [-0.2, 0) is 4.74 Å². The normalized spacial score (nSPS) is 14.3. The van der Waals surface area contributed by atoms with Gasteiger partial charge in [-0.05, 0) is 67.3 Å². The smallest absolute Gasteiger partial charge is 0.160 e. The summed E-state index contributed by atoms with van der Waals surface area (Å²) in [5, 5.41) is 1.04. The fraction of sp³-hybridized carbons (Fsp3) is 0.273. The van der Waals surface area contributed by atoms with Crippen LogP contribution in [0.3, 0.4) is 0 Å². The third-order valence-electron chi connectivity index (χ3n) is 4.76. The van der Waals surface area contributed by atoms with E-state index in [1.807, 2.05) is 12.1 Å². The number of aromatic nitrogens is 2. The molecule has 4 heteroatoms. The molecular weight excluding hydrogens is 324 g/mol. The van der Waals surface area contributed by atoms with E-state index in [0.717, 1.165) is 52.3 Å². The van der Waals surface area contributed by atoms with Crippen molar-refractivity contribution in [3.63, 3.8) is 0 Å². The average Bonchev–Trinajstić information content (AvgIpc) is 2.67. The molecule has 0 N–H and O–H groups in total. The van der Waals surface area contributed by atoms with Crippen molar-refractivity contribution in [1.29, 1.82) is 0 Å². The minimum absolute atomic E-state index is 0.655. The molecule has 1 aliphatic rings. The number of hydrogen-bond donors (Lipinski definition) is 0. The van der Waals surface area contributed by atoms with Gasteiger partial charge in [-0.1, -0.05) is 12.1 Å². The van der Waals surface area contributed by atoms with Crippen LogP contribution in [-0.4, -0.2) is 30.3 Å². The maximum Gasteiger partial charge on any atom is 0.160 e. The van der Waals surface area contributed by atoms with Gasteiger partial charge in [0.25, 0.3) is 0 Å². The van der Waals surface area contributed by atoms with Crippen LogP contribution in [0.1, 0.15) is 23.2 Å². The quantitative estimate of drug-likeness (QED) is 0.688. The van der Waals surface area contributed by atoms with Gasteiger partial charge in [-0.15, -0.1) is 0 Å². The van der Waals surface area contributed by atoms with Gasteiger partial charge in [0.1, 0.15) is 5.75 Å². The van der Waals surface area contributed by atoms with E-state index in [1.54, 1.807) is 7.11 Å². The first-order chi connectivity index (χ1) is 12.7. The van der Waals surface area contributed by atoms with E-state index in [9.17, 15) is 0 Å². The Kier molecular flexibility index (Phi) is 4.43. The van der Waals surface area contributed by atoms with Crippen molar-refractivity contribution in [3.05, 3.63) is 59.3 Å². The largest absolute Gasteiger partial charge is 0.496 e. The molecule has 3 heterocycles. The molecule has 0 bridgehead atoms. The molecular formula is C22H22N2O2. The summed E-state index contributed by atoms with van der Waals surface area (Å²) < 4.78 is 11.0. The number of hydrogen-bond acceptors (Lipinski definition) is 4. The molecule has 0 atom stereocenters. The third kappa shape index (κ3) is 3.08. The Balaban J connectivity index is 1.84. The zero-order chi connectivity index (χ0) is 18.1. The highest BCUT2D eigenvalue weighted by molar-refractivity contribution is 5.82. The highest BCUT2D eigenvalue weighted by Gasteiger charge is 2.14. The maximum atomic E-state index is 5.61. The van der Waals surface area contributed by atoms with Crippen molar-refractivity contribution >= 4 is 16.6 Å². The molecule has 1 aliphatic heterocycles. The lowest BCUT2D eigenvalue weighted by Gasteiger charge is -2.14. The molecule has 4 nitrogen and oxygen atoms in total. The molecule has 2 aromatic heterocycles. The summed E-state index contributed by atoms with van der Waals surface area (Å²) in [4.78, 5) is 9.66. The zero-order valence-corrected chi connectivity index (χ0v) is 15.4. The second-order valence-electron chi connectivity index (χ2n) is 6.65. The molecule has 26 heavy (non-hydrogen) atoms. The summed E-state index contributed by atoms with van der Waals surface area (Å²) in [6, 6.07) is 12.5. The number of nitrogens with zero attached hydrogens (tertiary/aromatic N) is 2. The molecule has 132 valence electrons. The zero-order valence-electron chi connectivity index (χ0n) is 15.4. The molecule has 0 amide bonds. The van der Waals surface area contributed by atoms with Crippen LogP contribution in [0.4, 0.5) is 0 Å². The Morgan fingerprint density at radius 1 is 1.00 bits per heavy atom. The summed E-state index contributed by atoms with van der Waals surface area (Å²) in [7, 11) is 1.70. The molecule has 0 saturated carbocycles. The summed E-state index contributed by atoms with van der Waals surface area (Å²) in [5.41, 5.74) is 7.21. The topological polar surface area (TPSA) is 44.2 Å². The number of aryl methyl sites for hydroxylation is 2. The number of benzene rings is 1. The molecule has 0 spiro atoms. The number of rotatable bonds is 3. The molecule has 0 fully saturated rings. The van der Waals surface area contributed by atoms with E-state index in [4.69, 9.17) is 19.4 Å². The van der Waals surface area contributed by atoms with Gasteiger partial charge in [-0.2, -0.15) is 0 Å². The van der Waals surface area contributed by atoms with Gasteiger partial charge in [-0.3, -0.25) is 0 Å². The summed E-state index contributed by atoms with van der Waals surface area (Å²) in [6.07, 6.45) is 3.00.